The number of hydrogen-bond acceptors (Lipinski definition) is 2. The zero-order valence-corrected chi connectivity index (χ0v) is 32.4. The lowest BCUT2D eigenvalue weighted by atomic mass is 9.88. The molecule has 0 fully saturated rings. The zero-order valence-electron chi connectivity index (χ0n) is 32.4. The van der Waals surface area contributed by atoms with Crippen LogP contribution in [0.3, 0.4) is 0 Å². The van der Waals surface area contributed by atoms with Crippen molar-refractivity contribution in [3.63, 3.8) is 0 Å². The van der Waals surface area contributed by atoms with E-state index in [1.54, 1.807) is 0 Å². The van der Waals surface area contributed by atoms with Crippen LogP contribution in [-0.2, 0) is 0 Å². The van der Waals surface area contributed by atoms with Crippen LogP contribution in [0.1, 0.15) is 0 Å². The summed E-state index contributed by atoms with van der Waals surface area (Å²) in [6.07, 6.45) is 0. The molecule has 0 aliphatic rings. The molecule has 0 spiro atoms. The van der Waals surface area contributed by atoms with Crippen molar-refractivity contribution < 1.29 is 0 Å². The maximum absolute atomic E-state index is 5.43. The van der Waals surface area contributed by atoms with Crippen LogP contribution >= 0.6 is 0 Å². The minimum atomic E-state index is 0.659. The summed E-state index contributed by atoms with van der Waals surface area (Å²) in [7, 11) is 0. The predicted molar refractivity (Wildman–Crippen MR) is 252 cm³/mol. The van der Waals surface area contributed by atoms with Gasteiger partial charge in [0.15, 0.2) is 0 Å². The van der Waals surface area contributed by atoms with Crippen LogP contribution in [0.5, 0.6) is 0 Å². The van der Waals surface area contributed by atoms with Crippen molar-refractivity contribution in [1.82, 2.24) is 19.1 Å². The highest BCUT2D eigenvalue weighted by atomic mass is 15.2. The van der Waals surface area contributed by atoms with Crippen molar-refractivity contribution in [3.05, 3.63) is 206 Å². The first-order chi connectivity index (χ1) is 29.8. The number of benzene rings is 10. The number of para-hydroxylation sites is 4. The summed E-state index contributed by atoms with van der Waals surface area (Å²) in [6.45, 7) is 0. The van der Waals surface area contributed by atoms with E-state index in [0.717, 1.165) is 44.3 Å². The third kappa shape index (κ3) is 4.67. The molecule has 3 heterocycles. The highest BCUT2D eigenvalue weighted by Gasteiger charge is 2.24. The molecule has 0 bridgehead atoms. The summed E-state index contributed by atoms with van der Waals surface area (Å²) >= 11 is 0. The van der Waals surface area contributed by atoms with E-state index in [-0.39, 0.29) is 0 Å². The van der Waals surface area contributed by atoms with Gasteiger partial charge < -0.3 is 4.57 Å². The van der Waals surface area contributed by atoms with E-state index < -0.39 is 0 Å². The van der Waals surface area contributed by atoms with Gasteiger partial charge in [-0.3, -0.25) is 4.57 Å². The Hall–Kier alpha value is -8.08. The van der Waals surface area contributed by atoms with Crippen molar-refractivity contribution >= 4 is 86.8 Å². The molecule has 3 aromatic heterocycles. The van der Waals surface area contributed by atoms with E-state index in [4.69, 9.17) is 9.97 Å². The van der Waals surface area contributed by atoms with Gasteiger partial charge in [-0.15, -0.1) is 0 Å². The minimum absolute atomic E-state index is 0.659. The molecule has 60 heavy (non-hydrogen) atoms. The zero-order chi connectivity index (χ0) is 39.3. The van der Waals surface area contributed by atoms with Gasteiger partial charge in [-0.05, 0) is 81.2 Å². The van der Waals surface area contributed by atoms with Crippen molar-refractivity contribution in [2.75, 3.05) is 0 Å². The van der Waals surface area contributed by atoms with Crippen LogP contribution in [0.2, 0.25) is 0 Å². The van der Waals surface area contributed by atoms with Crippen molar-refractivity contribution in [2.45, 2.75) is 0 Å². The Bertz CT molecular complexity index is 3880. The van der Waals surface area contributed by atoms with E-state index in [1.165, 1.54) is 70.6 Å². The summed E-state index contributed by atoms with van der Waals surface area (Å²) in [5, 5.41) is 13.2. The summed E-state index contributed by atoms with van der Waals surface area (Å²) in [4.78, 5) is 10.8. The quantitative estimate of drug-likeness (QED) is 0.167. The second-order valence-electron chi connectivity index (χ2n) is 15.7. The van der Waals surface area contributed by atoms with Gasteiger partial charge in [-0.1, -0.05) is 158 Å². The monoisotopic (exact) mass is 762 g/mol. The van der Waals surface area contributed by atoms with Crippen LogP contribution in [0.4, 0.5) is 0 Å². The Kier molecular flexibility index (Phi) is 6.98. The van der Waals surface area contributed by atoms with Crippen LogP contribution < -0.4 is 0 Å². The molecule has 0 unspecified atom stereocenters. The molecule has 0 amide bonds. The van der Waals surface area contributed by atoms with Gasteiger partial charge in [-0.2, -0.15) is 0 Å². The summed E-state index contributed by atoms with van der Waals surface area (Å²) in [5.74, 6) is 0.659. The summed E-state index contributed by atoms with van der Waals surface area (Å²) < 4.78 is 4.69. The summed E-state index contributed by atoms with van der Waals surface area (Å²) in [6, 6.07) is 74.3. The number of nitrogens with zero attached hydrogens (tertiary/aromatic N) is 4. The van der Waals surface area contributed by atoms with E-state index in [2.05, 4.69) is 215 Å². The molecule has 13 aromatic rings. The highest BCUT2D eigenvalue weighted by Crippen LogP contribution is 2.47. The van der Waals surface area contributed by atoms with Gasteiger partial charge in [0.25, 0.3) is 0 Å². The van der Waals surface area contributed by atoms with Crippen LogP contribution in [0, 0.1) is 0 Å². The number of rotatable bonds is 4. The molecule has 0 aliphatic carbocycles. The van der Waals surface area contributed by atoms with Crippen LogP contribution in [-0.4, -0.2) is 19.1 Å². The molecule has 4 heteroatoms. The molecule has 278 valence electrons. The Balaban J connectivity index is 1.15. The summed E-state index contributed by atoms with van der Waals surface area (Å²) in [5.41, 5.74) is 11.1. The van der Waals surface area contributed by atoms with Gasteiger partial charge in [0.05, 0.1) is 33.3 Å². The Morgan fingerprint density at radius 1 is 0.317 bits per heavy atom. The first-order valence-corrected chi connectivity index (χ1v) is 20.5. The molecule has 0 N–H and O–H groups in total. The molecular formula is C56H34N4. The fraction of sp³-hybridized carbons (Fsp3) is 0. The largest absolute Gasteiger partial charge is 0.309 e. The van der Waals surface area contributed by atoms with Crippen molar-refractivity contribution in [2.24, 2.45) is 0 Å². The number of aromatic nitrogens is 4. The van der Waals surface area contributed by atoms with Gasteiger partial charge in [0.1, 0.15) is 0 Å². The second kappa shape index (κ2) is 12.7. The number of fused-ring (bicyclic) bond motifs is 14. The lowest BCUT2D eigenvalue weighted by Gasteiger charge is -2.16. The van der Waals surface area contributed by atoms with E-state index >= 15 is 0 Å². The average molecular weight is 763 g/mol. The molecule has 0 saturated carbocycles. The number of hydrogen-bond donors (Lipinski definition) is 0. The smallest absolute Gasteiger partial charge is 0.235 e. The molecule has 10 aromatic carbocycles. The van der Waals surface area contributed by atoms with Gasteiger partial charge in [-0.25, -0.2) is 9.97 Å². The molecule has 0 radical (unpaired) electrons. The third-order valence-electron chi connectivity index (χ3n) is 12.5. The van der Waals surface area contributed by atoms with E-state index in [1.807, 2.05) is 0 Å². The highest BCUT2D eigenvalue weighted by molar-refractivity contribution is 6.38. The lowest BCUT2D eigenvalue weighted by Crippen LogP contribution is -2.03. The molecule has 0 atom stereocenters. The van der Waals surface area contributed by atoms with Gasteiger partial charge >= 0.3 is 0 Å². The first-order valence-electron chi connectivity index (χ1n) is 20.5. The fourth-order valence-electron chi connectivity index (χ4n) is 9.95. The topological polar surface area (TPSA) is 35.6 Å². The molecular weight excluding hydrogens is 729 g/mol. The normalized spacial score (nSPS) is 12.0. The van der Waals surface area contributed by atoms with E-state index in [0.29, 0.717) is 5.95 Å². The standard InChI is InChI=1S/C56H34N4/c1-3-17-35(18-4-1)54-43-26-11-14-28-48(43)57-56(58-54)60-50-30-16-13-27-44(50)53-52-41-24-9-7-21-38(41)45(34-47(52)39-22-8-10-25-42(39)55(53)60)36-31-32-51-46(33-36)40-23-12-15-29-49(40)59(51)37-19-5-2-6-20-37/h1-34H. The molecule has 4 nitrogen and oxygen atoms in total. The average Bonchev–Trinajstić information content (AvgIpc) is 3.85. The predicted octanol–water partition coefficient (Wildman–Crippen LogP) is 14.6. The van der Waals surface area contributed by atoms with E-state index in [9.17, 15) is 0 Å². The van der Waals surface area contributed by atoms with Crippen molar-refractivity contribution in [3.8, 4) is 34.0 Å². The molecule has 0 aliphatic heterocycles. The fourth-order valence-corrected chi connectivity index (χ4v) is 9.95. The Morgan fingerprint density at radius 3 is 1.68 bits per heavy atom. The lowest BCUT2D eigenvalue weighted by molar-refractivity contribution is 1.02. The first kappa shape index (κ1) is 32.9. The Morgan fingerprint density at radius 2 is 0.900 bits per heavy atom. The third-order valence-corrected chi connectivity index (χ3v) is 12.5. The van der Waals surface area contributed by atoms with Crippen molar-refractivity contribution in [1.29, 1.82) is 0 Å². The maximum Gasteiger partial charge on any atom is 0.235 e. The van der Waals surface area contributed by atoms with Gasteiger partial charge in [0, 0.05) is 49.0 Å². The Labute approximate surface area is 344 Å². The SMILES string of the molecule is c1ccc(-c2nc(-n3c4ccccc4c4c5c6ccccc6c(-c6ccc7c(c6)c6ccccc6n7-c6ccccc6)cc5c5ccccc5c43)nc3ccccc23)cc1. The molecule has 13 rings (SSSR count). The maximum atomic E-state index is 5.43. The second-order valence-corrected chi connectivity index (χ2v) is 15.7. The molecule has 0 saturated heterocycles. The van der Waals surface area contributed by atoms with Crippen LogP contribution in [0.25, 0.3) is 121 Å². The minimum Gasteiger partial charge on any atom is -0.309 e. The van der Waals surface area contributed by atoms with Crippen LogP contribution in [0.15, 0.2) is 206 Å². The van der Waals surface area contributed by atoms with Gasteiger partial charge in [0.2, 0.25) is 5.95 Å².